The Balaban J connectivity index is 2.83. The number of carbonyl (C=O) groups is 2. The van der Waals surface area contributed by atoms with E-state index in [1.807, 2.05) is 5.32 Å². The molecule has 0 radical (unpaired) electrons. The molecule has 0 saturated carbocycles. The molecule has 0 spiro atoms. The molecule has 4 nitrogen and oxygen atoms in total. The summed E-state index contributed by atoms with van der Waals surface area (Å²) in [4.78, 5) is 21.6. The van der Waals surface area contributed by atoms with Crippen LogP contribution < -0.4 is 5.32 Å². The Morgan fingerprint density at radius 3 is 2.57 bits per heavy atom. The van der Waals surface area contributed by atoms with E-state index >= 15 is 0 Å². The molecule has 1 saturated heterocycles. The van der Waals surface area contributed by atoms with Gasteiger partial charge in [0.25, 0.3) is 0 Å². The third-order valence-electron chi connectivity index (χ3n) is 2.00. The van der Waals surface area contributed by atoms with E-state index in [4.69, 9.17) is 0 Å². The summed E-state index contributed by atoms with van der Waals surface area (Å²) in [5, 5.41) is 1.93. The number of hydrogen-bond acceptors (Lipinski definition) is 3. The molecule has 1 aliphatic heterocycles. The van der Waals surface area contributed by atoms with Gasteiger partial charge in [0.1, 0.15) is 6.04 Å². The van der Waals surface area contributed by atoms with Gasteiger partial charge in [-0.05, 0) is 0 Å². The van der Waals surface area contributed by atoms with Crippen LogP contribution in [-0.4, -0.2) is 31.2 Å². The van der Waals surface area contributed by atoms with Gasteiger partial charge in [0.05, 0.1) is 13.0 Å². The standard InChI is InChI=1S/C7H8F3NO3/c1-14-6(13)5-3(7(8,9)10)2-4(12)11-5/h3,5H,2H2,1H3,(H,11,12)/t3-,5+/m0/s1. The molecule has 1 heterocycles. The van der Waals surface area contributed by atoms with Gasteiger partial charge >= 0.3 is 12.1 Å². The molecular weight excluding hydrogens is 203 g/mol. The van der Waals surface area contributed by atoms with E-state index in [-0.39, 0.29) is 0 Å². The van der Waals surface area contributed by atoms with Crippen LogP contribution in [0.25, 0.3) is 0 Å². The van der Waals surface area contributed by atoms with Crippen molar-refractivity contribution in [2.75, 3.05) is 7.11 Å². The summed E-state index contributed by atoms with van der Waals surface area (Å²) in [6, 6.07) is -1.60. The number of ether oxygens (including phenoxy) is 1. The van der Waals surface area contributed by atoms with Crippen molar-refractivity contribution >= 4 is 11.9 Å². The molecule has 1 rings (SSSR count). The largest absolute Gasteiger partial charge is 0.467 e. The Morgan fingerprint density at radius 2 is 2.14 bits per heavy atom. The van der Waals surface area contributed by atoms with Crippen LogP contribution in [0.3, 0.4) is 0 Å². The lowest BCUT2D eigenvalue weighted by molar-refractivity contribution is -0.185. The molecule has 1 N–H and O–H groups in total. The topological polar surface area (TPSA) is 55.4 Å². The maximum absolute atomic E-state index is 12.3. The van der Waals surface area contributed by atoms with Gasteiger partial charge < -0.3 is 10.1 Å². The molecule has 0 aromatic heterocycles. The average Bonchev–Trinajstić information content (AvgIpc) is 2.45. The second kappa shape index (κ2) is 3.47. The number of amides is 1. The fourth-order valence-electron chi connectivity index (χ4n) is 1.31. The third-order valence-corrected chi connectivity index (χ3v) is 2.00. The van der Waals surface area contributed by atoms with Crippen LogP contribution in [0, 0.1) is 5.92 Å². The van der Waals surface area contributed by atoms with E-state index in [2.05, 4.69) is 4.74 Å². The predicted octanol–water partition coefficient (Wildman–Crippen LogP) is 0.226. The van der Waals surface area contributed by atoms with Gasteiger partial charge in [-0.3, -0.25) is 4.79 Å². The molecule has 14 heavy (non-hydrogen) atoms. The van der Waals surface area contributed by atoms with Crippen molar-refractivity contribution < 1.29 is 27.5 Å². The van der Waals surface area contributed by atoms with Gasteiger partial charge in [0.15, 0.2) is 0 Å². The first-order valence-electron chi connectivity index (χ1n) is 3.80. The molecule has 0 aromatic rings. The zero-order valence-corrected chi connectivity index (χ0v) is 7.22. The predicted molar refractivity (Wildman–Crippen MR) is 38.1 cm³/mol. The minimum absolute atomic E-state index is 0.719. The molecule has 1 amide bonds. The minimum atomic E-state index is -4.57. The smallest absolute Gasteiger partial charge is 0.394 e. The quantitative estimate of drug-likeness (QED) is 0.631. The van der Waals surface area contributed by atoms with Gasteiger partial charge in [0.2, 0.25) is 5.91 Å². The highest BCUT2D eigenvalue weighted by Crippen LogP contribution is 2.34. The van der Waals surface area contributed by atoms with E-state index < -0.39 is 36.4 Å². The normalized spacial score (nSPS) is 27.3. The summed E-state index contributed by atoms with van der Waals surface area (Å²) in [5.74, 6) is -3.84. The van der Waals surface area contributed by atoms with Gasteiger partial charge in [-0.15, -0.1) is 0 Å². The molecule has 1 aliphatic rings. The Hall–Kier alpha value is -1.27. The van der Waals surface area contributed by atoms with Gasteiger partial charge in [-0.1, -0.05) is 0 Å². The Bertz CT molecular complexity index is 263. The average molecular weight is 211 g/mol. The second-order valence-electron chi connectivity index (χ2n) is 2.92. The van der Waals surface area contributed by atoms with Gasteiger partial charge in [-0.25, -0.2) is 4.79 Å². The molecular formula is C7H8F3NO3. The van der Waals surface area contributed by atoms with Gasteiger partial charge in [-0.2, -0.15) is 13.2 Å². The zero-order valence-electron chi connectivity index (χ0n) is 7.22. The number of esters is 1. The first kappa shape index (κ1) is 10.8. The fourth-order valence-corrected chi connectivity index (χ4v) is 1.31. The Labute approximate surface area is 77.4 Å². The van der Waals surface area contributed by atoms with Crippen LogP contribution in [0.4, 0.5) is 13.2 Å². The van der Waals surface area contributed by atoms with Crippen LogP contribution in [0.15, 0.2) is 0 Å². The van der Waals surface area contributed by atoms with Crippen LogP contribution >= 0.6 is 0 Å². The zero-order chi connectivity index (χ0) is 10.9. The summed E-state index contributed by atoms with van der Waals surface area (Å²) in [5.41, 5.74) is 0. The number of rotatable bonds is 1. The number of methoxy groups -OCH3 is 1. The van der Waals surface area contributed by atoms with Crippen molar-refractivity contribution in [1.29, 1.82) is 0 Å². The number of nitrogens with one attached hydrogen (secondary N) is 1. The molecule has 0 unspecified atom stereocenters. The van der Waals surface area contributed by atoms with Crippen molar-refractivity contribution in [3.63, 3.8) is 0 Å². The maximum Gasteiger partial charge on any atom is 0.394 e. The molecule has 7 heteroatoms. The highest BCUT2D eigenvalue weighted by molar-refractivity contribution is 5.88. The molecule has 0 bridgehead atoms. The van der Waals surface area contributed by atoms with E-state index in [0.717, 1.165) is 7.11 Å². The van der Waals surface area contributed by atoms with Crippen molar-refractivity contribution in [1.82, 2.24) is 5.32 Å². The Kier molecular flexibility index (Phi) is 2.68. The summed E-state index contributed by atoms with van der Waals surface area (Å²) < 4.78 is 41.0. The van der Waals surface area contributed by atoms with E-state index in [1.54, 1.807) is 0 Å². The fraction of sp³-hybridized carbons (Fsp3) is 0.714. The summed E-state index contributed by atoms with van der Waals surface area (Å²) in [6.07, 6.45) is -5.29. The van der Waals surface area contributed by atoms with Crippen LogP contribution in [0.2, 0.25) is 0 Å². The summed E-state index contributed by atoms with van der Waals surface area (Å²) in [6.45, 7) is 0. The number of hydrogen-bond donors (Lipinski definition) is 1. The molecule has 0 aromatic carbocycles. The second-order valence-corrected chi connectivity index (χ2v) is 2.92. The first-order valence-corrected chi connectivity index (χ1v) is 3.80. The molecule has 0 aliphatic carbocycles. The monoisotopic (exact) mass is 211 g/mol. The molecule has 80 valence electrons. The molecule has 1 fully saturated rings. The van der Waals surface area contributed by atoms with E-state index in [0.29, 0.717) is 0 Å². The lowest BCUT2D eigenvalue weighted by Crippen LogP contribution is -2.42. The minimum Gasteiger partial charge on any atom is -0.467 e. The van der Waals surface area contributed by atoms with Crippen molar-refractivity contribution in [2.45, 2.75) is 18.6 Å². The number of halogens is 3. The SMILES string of the molecule is COC(=O)[C@@H]1NC(=O)C[C@@H]1C(F)(F)F. The first-order chi connectivity index (χ1) is 6.36. The van der Waals surface area contributed by atoms with Crippen LogP contribution in [-0.2, 0) is 14.3 Å². The van der Waals surface area contributed by atoms with Crippen molar-refractivity contribution in [3.05, 3.63) is 0 Å². The van der Waals surface area contributed by atoms with Crippen LogP contribution in [0.5, 0.6) is 0 Å². The summed E-state index contributed by atoms with van der Waals surface area (Å²) >= 11 is 0. The molecule has 2 atom stereocenters. The van der Waals surface area contributed by atoms with Crippen molar-refractivity contribution in [3.8, 4) is 0 Å². The lowest BCUT2D eigenvalue weighted by atomic mass is 10.0. The highest BCUT2D eigenvalue weighted by Gasteiger charge is 2.53. The number of carbonyl (C=O) groups excluding carboxylic acids is 2. The maximum atomic E-state index is 12.3. The summed E-state index contributed by atoms with van der Waals surface area (Å²) in [7, 11) is 0.972. The highest BCUT2D eigenvalue weighted by atomic mass is 19.4. The van der Waals surface area contributed by atoms with E-state index in [9.17, 15) is 22.8 Å². The Morgan fingerprint density at radius 1 is 1.57 bits per heavy atom. The van der Waals surface area contributed by atoms with Crippen molar-refractivity contribution in [2.24, 2.45) is 5.92 Å². The third kappa shape index (κ3) is 1.97. The van der Waals surface area contributed by atoms with Crippen LogP contribution in [0.1, 0.15) is 6.42 Å². The number of alkyl halides is 3. The van der Waals surface area contributed by atoms with E-state index in [1.165, 1.54) is 0 Å². The van der Waals surface area contributed by atoms with Gasteiger partial charge in [0, 0.05) is 6.42 Å². The lowest BCUT2D eigenvalue weighted by Gasteiger charge is -2.18.